The Morgan fingerprint density at radius 2 is 1.54 bits per heavy atom. The SMILES string of the molecule is N=C1C(=O)N(c2nc(-c3ccccc3)cs2)N=C1c1ccccc1. The van der Waals surface area contributed by atoms with Crippen LogP contribution >= 0.6 is 11.3 Å². The van der Waals surface area contributed by atoms with Crippen LogP contribution in [0.4, 0.5) is 5.13 Å². The minimum Gasteiger partial charge on any atom is -0.293 e. The van der Waals surface area contributed by atoms with Crippen LogP contribution in [0.15, 0.2) is 71.1 Å². The second kappa shape index (κ2) is 5.82. The number of carbonyl (C=O) groups is 1. The Labute approximate surface area is 142 Å². The summed E-state index contributed by atoms with van der Waals surface area (Å²) in [5.74, 6) is -0.456. The van der Waals surface area contributed by atoms with Gasteiger partial charge >= 0.3 is 5.91 Å². The Balaban J connectivity index is 1.70. The van der Waals surface area contributed by atoms with Crippen molar-refractivity contribution in [3.8, 4) is 11.3 Å². The molecule has 3 aromatic rings. The van der Waals surface area contributed by atoms with Gasteiger partial charge in [0, 0.05) is 16.5 Å². The summed E-state index contributed by atoms with van der Waals surface area (Å²) in [6.45, 7) is 0. The van der Waals surface area contributed by atoms with Crippen molar-refractivity contribution in [2.24, 2.45) is 5.10 Å². The lowest BCUT2D eigenvalue weighted by atomic mass is 10.1. The van der Waals surface area contributed by atoms with Crippen molar-refractivity contribution in [3.63, 3.8) is 0 Å². The largest absolute Gasteiger partial charge is 0.301 e. The number of hydrogen-bond acceptors (Lipinski definition) is 5. The van der Waals surface area contributed by atoms with Crippen molar-refractivity contribution in [2.75, 3.05) is 5.01 Å². The normalized spacial score (nSPS) is 14.2. The number of nitrogens with zero attached hydrogens (tertiary/aromatic N) is 3. The first-order valence-corrected chi connectivity index (χ1v) is 8.20. The summed E-state index contributed by atoms with van der Waals surface area (Å²) < 4.78 is 0. The summed E-state index contributed by atoms with van der Waals surface area (Å²) in [7, 11) is 0. The van der Waals surface area contributed by atoms with E-state index in [-0.39, 0.29) is 5.71 Å². The lowest BCUT2D eigenvalue weighted by Crippen LogP contribution is -2.26. The van der Waals surface area contributed by atoms with Crippen molar-refractivity contribution < 1.29 is 4.79 Å². The highest BCUT2D eigenvalue weighted by molar-refractivity contribution is 7.14. The number of carbonyl (C=O) groups excluding carboxylic acids is 1. The van der Waals surface area contributed by atoms with E-state index in [0.717, 1.165) is 16.8 Å². The van der Waals surface area contributed by atoms with Gasteiger partial charge in [-0.25, -0.2) is 4.98 Å². The Hall–Kier alpha value is -3.12. The van der Waals surface area contributed by atoms with Gasteiger partial charge in [-0.2, -0.15) is 10.1 Å². The second-order valence-corrected chi connectivity index (χ2v) is 6.02. The summed E-state index contributed by atoms with van der Waals surface area (Å²) in [6.07, 6.45) is 0. The first-order chi connectivity index (χ1) is 11.7. The second-order valence-electron chi connectivity index (χ2n) is 5.19. The van der Waals surface area contributed by atoms with Gasteiger partial charge in [-0.1, -0.05) is 60.7 Å². The lowest BCUT2D eigenvalue weighted by molar-refractivity contribution is -0.112. The van der Waals surface area contributed by atoms with Crippen LogP contribution in [-0.2, 0) is 4.79 Å². The average Bonchev–Trinajstić information content (AvgIpc) is 3.23. The molecule has 0 saturated heterocycles. The summed E-state index contributed by atoms with van der Waals surface area (Å²) in [5, 5.41) is 15.9. The van der Waals surface area contributed by atoms with Gasteiger partial charge in [0.1, 0.15) is 5.71 Å². The molecule has 1 N–H and O–H groups in total. The van der Waals surface area contributed by atoms with Crippen LogP contribution in [0.3, 0.4) is 0 Å². The summed E-state index contributed by atoms with van der Waals surface area (Å²) in [4.78, 5) is 16.9. The fourth-order valence-electron chi connectivity index (χ4n) is 2.43. The fraction of sp³-hybridized carbons (Fsp3) is 0. The van der Waals surface area contributed by atoms with Crippen LogP contribution in [0.25, 0.3) is 11.3 Å². The zero-order valence-corrected chi connectivity index (χ0v) is 13.3. The van der Waals surface area contributed by atoms with Crippen LogP contribution in [0.2, 0.25) is 0 Å². The van der Waals surface area contributed by atoms with Gasteiger partial charge in [-0.15, -0.1) is 11.3 Å². The molecule has 0 atom stereocenters. The van der Waals surface area contributed by atoms with E-state index in [9.17, 15) is 4.79 Å². The third kappa shape index (κ3) is 2.43. The van der Waals surface area contributed by atoms with Crippen LogP contribution in [0.5, 0.6) is 0 Å². The Kier molecular flexibility index (Phi) is 3.51. The van der Waals surface area contributed by atoms with E-state index in [1.165, 1.54) is 16.3 Å². The fourth-order valence-corrected chi connectivity index (χ4v) is 3.21. The summed E-state index contributed by atoms with van der Waals surface area (Å²) in [5.41, 5.74) is 2.78. The highest BCUT2D eigenvalue weighted by Gasteiger charge is 2.34. The molecule has 2 heterocycles. The molecule has 0 aliphatic carbocycles. The van der Waals surface area contributed by atoms with Crippen molar-refractivity contribution in [1.82, 2.24) is 4.98 Å². The molecule has 0 saturated carbocycles. The van der Waals surface area contributed by atoms with Crippen LogP contribution in [-0.4, -0.2) is 22.3 Å². The predicted molar refractivity (Wildman–Crippen MR) is 95.7 cm³/mol. The molecule has 0 fully saturated rings. The number of anilines is 1. The molecule has 24 heavy (non-hydrogen) atoms. The number of nitrogens with one attached hydrogen (secondary N) is 1. The van der Waals surface area contributed by atoms with Gasteiger partial charge in [0.15, 0.2) is 5.71 Å². The van der Waals surface area contributed by atoms with Crippen molar-refractivity contribution in [2.45, 2.75) is 0 Å². The van der Waals surface area contributed by atoms with Crippen LogP contribution in [0, 0.1) is 5.41 Å². The first-order valence-electron chi connectivity index (χ1n) is 7.32. The number of hydrazone groups is 1. The maximum atomic E-state index is 12.4. The number of benzene rings is 2. The lowest BCUT2D eigenvalue weighted by Gasteiger charge is -2.05. The molecule has 0 spiro atoms. The number of rotatable bonds is 3. The maximum Gasteiger partial charge on any atom is 0.301 e. The number of thiazole rings is 1. The third-order valence-corrected chi connectivity index (χ3v) is 4.45. The third-order valence-electron chi connectivity index (χ3n) is 3.63. The standard InChI is InChI=1S/C18H12N4OS/c19-15-16(13-9-5-2-6-10-13)21-22(17(15)23)18-20-14(11-24-18)12-7-3-1-4-8-12/h1-11,19H. The van der Waals surface area contributed by atoms with Crippen molar-refractivity contribution >= 4 is 33.8 Å². The molecule has 4 rings (SSSR count). The molecule has 1 aliphatic rings. The van der Waals surface area contributed by atoms with Crippen molar-refractivity contribution in [1.29, 1.82) is 5.41 Å². The minimum absolute atomic E-state index is 0.113. The molecule has 1 amide bonds. The van der Waals surface area contributed by atoms with E-state index in [1.807, 2.05) is 66.0 Å². The molecule has 5 nitrogen and oxygen atoms in total. The van der Waals surface area contributed by atoms with Gasteiger partial charge < -0.3 is 0 Å². The topological polar surface area (TPSA) is 69.4 Å². The molecule has 2 aromatic carbocycles. The maximum absolute atomic E-state index is 12.4. The quantitative estimate of drug-likeness (QED) is 0.796. The number of amides is 1. The summed E-state index contributed by atoms with van der Waals surface area (Å²) >= 11 is 1.33. The minimum atomic E-state index is -0.456. The number of aromatic nitrogens is 1. The van der Waals surface area contributed by atoms with E-state index in [4.69, 9.17) is 5.41 Å². The molecule has 0 bridgehead atoms. The molecular weight excluding hydrogens is 320 g/mol. The Morgan fingerprint density at radius 3 is 2.21 bits per heavy atom. The summed E-state index contributed by atoms with van der Waals surface area (Å²) in [6, 6.07) is 19.0. The van der Waals surface area contributed by atoms with Crippen LogP contribution in [0.1, 0.15) is 5.56 Å². The van der Waals surface area contributed by atoms with Gasteiger partial charge in [0.25, 0.3) is 0 Å². The van der Waals surface area contributed by atoms with Gasteiger partial charge in [-0.05, 0) is 0 Å². The van der Waals surface area contributed by atoms with E-state index >= 15 is 0 Å². The number of hydrogen-bond donors (Lipinski definition) is 1. The molecular formula is C18H12N4OS. The van der Waals surface area contributed by atoms with Gasteiger partial charge in [0.2, 0.25) is 5.13 Å². The van der Waals surface area contributed by atoms with Crippen molar-refractivity contribution in [3.05, 3.63) is 71.6 Å². The van der Waals surface area contributed by atoms with E-state index in [2.05, 4.69) is 10.1 Å². The molecule has 116 valence electrons. The van der Waals surface area contributed by atoms with E-state index in [0.29, 0.717) is 10.8 Å². The molecule has 0 radical (unpaired) electrons. The smallest absolute Gasteiger partial charge is 0.293 e. The zero-order chi connectivity index (χ0) is 16.5. The van der Waals surface area contributed by atoms with E-state index < -0.39 is 5.91 Å². The average molecular weight is 332 g/mol. The van der Waals surface area contributed by atoms with Gasteiger partial charge in [0.05, 0.1) is 5.69 Å². The molecule has 6 heteroatoms. The van der Waals surface area contributed by atoms with E-state index in [1.54, 1.807) is 0 Å². The predicted octanol–water partition coefficient (Wildman–Crippen LogP) is 3.58. The highest BCUT2D eigenvalue weighted by atomic mass is 32.1. The van der Waals surface area contributed by atoms with Gasteiger partial charge in [-0.3, -0.25) is 10.2 Å². The van der Waals surface area contributed by atoms with Crippen LogP contribution < -0.4 is 5.01 Å². The Bertz CT molecular complexity index is 947. The Morgan fingerprint density at radius 1 is 0.917 bits per heavy atom. The molecule has 1 aromatic heterocycles. The molecule has 0 unspecified atom stereocenters. The zero-order valence-electron chi connectivity index (χ0n) is 12.5. The highest BCUT2D eigenvalue weighted by Crippen LogP contribution is 2.29. The monoisotopic (exact) mass is 332 g/mol. The first kappa shape index (κ1) is 14.5. The molecule has 1 aliphatic heterocycles.